The molecule has 0 saturated heterocycles. The number of allylic oxidation sites excluding steroid dienone is 16. The van der Waals surface area contributed by atoms with Crippen molar-refractivity contribution >= 4 is 17.9 Å². The molecule has 0 aromatic rings. The van der Waals surface area contributed by atoms with Gasteiger partial charge in [-0.25, -0.2) is 0 Å². The molecule has 6 nitrogen and oxygen atoms in total. The van der Waals surface area contributed by atoms with Gasteiger partial charge in [-0.15, -0.1) is 0 Å². The van der Waals surface area contributed by atoms with Gasteiger partial charge in [0.05, 0.1) is 0 Å². The second kappa shape index (κ2) is 70.8. The van der Waals surface area contributed by atoms with E-state index in [1.54, 1.807) is 0 Å². The van der Waals surface area contributed by atoms with E-state index < -0.39 is 6.10 Å². The van der Waals surface area contributed by atoms with Crippen LogP contribution < -0.4 is 0 Å². The van der Waals surface area contributed by atoms with Crippen molar-refractivity contribution in [2.75, 3.05) is 13.2 Å². The van der Waals surface area contributed by atoms with Gasteiger partial charge in [0, 0.05) is 19.3 Å². The fraction of sp³-hybridized carbons (Fsp3) is 0.753. The maximum Gasteiger partial charge on any atom is 0.306 e. The van der Waals surface area contributed by atoms with Crippen LogP contribution in [0.2, 0.25) is 0 Å². The van der Waals surface area contributed by atoms with Crippen molar-refractivity contribution < 1.29 is 28.6 Å². The first-order valence-corrected chi connectivity index (χ1v) is 35.7. The van der Waals surface area contributed by atoms with Gasteiger partial charge in [0.1, 0.15) is 13.2 Å². The van der Waals surface area contributed by atoms with Crippen LogP contribution in [-0.2, 0) is 28.6 Å². The molecule has 0 aliphatic rings. The number of hydrogen-bond acceptors (Lipinski definition) is 6. The van der Waals surface area contributed by atoms with Gasteiger partial charge in [-0.3, -0.25) is 14.4 Å². The Morgan fingerprint density at radius 1 is 0.253 bits per heavy atom. The minimum atomic E-state index is -0.785. The van der Waals surface area contributed by atoms with Crippen molar-refractivity contribution in [3.63, 3.8) is 0 Å². The molecule has 0 heterocycles. The highest BCUT2D eigenvalue weighted by Crippen LogP contribution is 2.17. The number of hydrogen-bond donors (Lipinski definition) is 0. The highest BCUT2D eigenvalue weighted by Gasteiger charge is 2.19. The SMILES string of the molecule is CC/C=C\C/C=C\C/C=C\C/C=C\C/C=C\CCCCCCCCCCCCCCCCCCCC(=O)OCC(COC(=O)CCCCCCC/C=C\CCCCCCCC)OC(=O)CCCCCCCCC/C=C\C/C=C\CCCCC. The number of esters is 3. The van der Waals surface area contributed by atoms with Crippen LogP contribution in [0.3, 0.4) is 0 Å². The fourth-order valence-electron chi connectivity index (χ4n) is 10.2. The number of ether oxygens (including phenoxy) is 3. The van der Waals surface area contributed by atoms with E-state index in [0.29, 0.717) is 19.3 Å². The fourth-order valence-corrected chi connectivity index (χ4v) is 10.2. The summed E-state index contributed by atoms with van der Waals surface area (Å²) in [6.07, 6.45) is 95.8. The van der Waals surface area contributed by atoms with E-state index in [0.717, 1.165) is 109 Å². The Bertz CT molecular complexity index is 1610. The lowest BCUT2D eigenvalue weighted by Crippen LogP contribution is -2.30. The first kappa shape index (κ1) is 79.3. The third-order valence-corrected chi connectivity index (χ3v) is 15.5. The summed E-state index contributed by atoms with van der Waals surface area (Å²) < 4.78 is 17.0. The maximum atomic E-state index is 12.9. The third kappa shape index (κ3) is 69.0. The summed E-state index contributed by atoms with van der Waals surface area (Å²) in [6, 6.07) is 0. The minimum Gasteiger partial charge on any atom is -0.462 e. The Balaban J connectivity index is 4.21. The molecule has 0 saturated carbocycles. The zero-order chi connectivity index (χ0) is 59.9. The van der Waals surface area contributed by atoms with Crippen molar-refractivity contribution in [3.8, 4) is 0 Å². The molecular formula is C77H134O6. The Hall–Kier alpha value is -3.67. The molecule has 0 aromatic heterocycles. The van der Waals surface area contributed by atoms with Gasteiger partial charge in [-0.05, 0) is 122 Å². The molecule has 0 spiro atoms. The first-order chi connectivity index (χ1) is 41.0. The van der Waals surface area contributed by atoms with Crippen molar-refractivity contribution in [2.24, 2.45) is 0 Å². The molecule has 0 amide bonds. The second-order valence-corrected chi connectivity index (χ2v) is 23.8. The van der Waals surface area contributed by atoms with Gasteiger partial charge >= 0.3 is 17.9 Å². The van der Waals surface area contributed by atoms with Gasteiger partial charge in [-0.1, -0.05) is 311 Å². The number of carbonyl (C=O) groups is 3. The molecule has 0 bridgehead atoms. The van der Waals surface area contributed by atoms with Crippen LogP contribution in [0.4, 0.5) is 0 Å². The standard InChI is InChI=1S/C77H134O6/c1-4-7-10-13-16-19-22-25-28-30-31-32-33-34-35-36-37-38-39-40-41-42-43-44-45-47-49-52-55-58-61-64-67-70-76(79)82-73-74(72-81-75(78)69-66-63-60-57-54-51-48-27-24-21-18-15-12-9-6-3)83-77(80)71-68-65-62-59-56-53-50-46-29-26-23-20-17-14-11-8-5-2/h7,10,16-17,19-20,25-29,31-32,34-35,48,74H,4-6,8-9,11-15,18,21-24,30,33,36-47,49-73H2,1-3H3/b10-7-,19-16-,20-17-,28-25-,29-26-,32-31-,35-34-,48-27-. The molecule has 0 fully saturated rings. The van der Waals surface area contributed by atoms with Crippen molar-refractivity contribution in [3.05, 3.63) is 97.2 Å². The number of unbranched alkanes of at least 4 members (excludes halogenated alkanes) is 38. The summed E-state index contributed by atoms with van der Waals surface area (Å²) in [4.78, 5) is 38.4. The van der Waals surface area contributed by atoms with E-state index in [9.17, 15) is 14.4 Å². The monoisotopic (exact) mass is 1160 g/mol. The summed E-state index contributed by atoms with van der Waals surface area (Å²) in [6.45, 7) is 6.52. The summed E-state index contributed by atoms with van der Waals surface area (Å²) in [7, 11) is 0. The van der Waals surface area contributed by atoms with Crippen molar-refractivity contribution in [2.45, 2.75) is 361 Å². The van der Waals surface area contributed by atoms with Crippen molar-refractivity contribution in [1.29, 1.82) is 0 Å². The van der Waals surface area contributed by atoms with Crippen LogP contribution >= 0.6 is 0 Å². The predicted octanol–water partition coefficient (Wildman–Crippen LogP) is 24.8. The summed E-state index contributed by atoms with van der Waals surface area (Å²) in [5.74, 6) is -0.879. The maximum absolute atomic E-state index is 12.9. The third-order valence-electron chi connectivity index (χ3n) is 15.5. The van der Waals surface area contributed by atoms with Crippen LogP contribution in [0.1, 0.15) is 355 Å². The van der Waals surface area contributed by atoms with Crippen molar-refractivity contribution in [1.82, 2.24) is 0 Å². The molecular weight excluding hydrogens is 1020 g/mol. The molecule has 0 radical (unpaired) electrons. The topological polar surface area (TPSA) is 78.9 Å². The molecule has 478 valence electrons. The first-order valence-electron chi connectivity index (χ1n) is 35.7. The van der Waals surface area contributed by atoms with Crippen LogP contribution in [0, 0.1) is 0 Å². The molecule has 83 heavy (non-hydrogen) atoms. The van der Waals surface area contributed by atoms with E-state index >= 15 is 0 Å². The Morgan fingerprint density at radius 3 is 0.771 bits per heavy atom. The van der Waals surface area contributed by atoms with Gasteiger partial charge in [-0.2, -0.15) is 0 Å². The smallest absolute Gasteiger partial charge is 0.306 e. The molecule has 0 aliphatic heterocycles. The lowest BCUT2D eigenvalue weighted by molar-refractivity contribution is -0.167. The Kier molecular flexibility index (Phi) is 67.7. The number of rotatable bonds is 65. The molecule has 1 atom stereocenters. The molecule has 6 heteroatoms. The zero-order valence-electron chi connectivity index (χ0n) is 54.9. The normalized spacial score (nSPS) is 12.7. The Morgan fingerprint density at radius 2 is 0.470 bits per heavy atom. The zero-order valence-corrected chi connectivity index (χ0v) is 54.9. The summed E-state index contributed by atoms with van der Waals surface area (Å²) in [5, 5.41) is 0. The molecule has 0 aromatic carbocycles. The van der Waals surface area contributed by atoms with E-state index in [2.05, 4.69) is 118 Å². The molecule has 0 aliphatic carbocycles. The van der Waals surface area contributed by atoms with E-state index in [1.165, 1.54) is 205 Å². The average Bonchev–Trinajstić information content (AvgIpc) is 3.49. The van der Waals surface area contributed by atoms with Crippen LogP contribution in [0.5, 0.6) is 0 Å². The van der Waals surface area contributed by atoms with Crippen LogP contribution in [-0.4, -0.2) is 37.2 Å². The van der Waals surface area contributed by atoms with E-state index in [4.69, 9.17) is 14.2 Å². The van der Waals surface area contributed by atoms with Gasteiger partial charge < -0.3 is 14.2 Å². The second-order valence-electron chi connectivity index (χ2n) is 23.8. The van der Waals surface area contributed by atoms with Crippen LogP contribution in [0.25, 0.3) is 0 Å². The molecule has 1 unspecified atom stereocenters. The van der Waals surface area contributed by atoms with E-state index in [-0.39, 0.29) is 31.1 Å². The van der Waals surface area contributed by atoms with Crippen LogP contribution in [0.15, 0.2) is 97.2 Å². The predicted molar refractivity (Wildman–Crippen MR) is 362 cm³/mol. The van der Waals surface area contributed by atoms with E-state index in [1.807, 2.05) is 0 Å². The van der Waals surface area contributed by atoms with Gasteiger partial charge in [0.2, 0.25) is 0 Å². The molecule has 0 rings (SSSR count). The summed E-state index contributed by atoms with van der Waals surface area (Å²) >= 11 is 0. The minimum absolute atomic E-state index is 0.0797. The lowest BCUT2D eigenvalue weighted by Gasteiger charge is -2.18. The largest absolute Gasteiger partial charge is 0.462 e. The summed E-state index contributed by atoms with van der Waals surface area (Å²) in [5.41, 5.74) is 0. The highest BCUT2D eigenvalue weighted by atomic mass is 16.6. The quantitative estimate of drug-likeness (QED) is 0.0261. The average molecular weight is 1160 g/mol. The highest BCUT2D eigenvalue weighted by molar-refractivity contribution is 5.71. The lowest BCUT2D eigenvalue weighted by atomic mass is 10.0. The number of carbonyl (C=O) groups excluding carboxylic acids is 3. The van der Waals surface area contributed by atoms with Gasteiger partial charge in [0.25, 0.3) is 0 Å². The Labute approximate surface area is 515 Å². The van der Waals surface area contributed by atoms with Gasteiger partial charge in [0.15, 0.2) is 6.10 Å². The molecule has 0 N–H and O–H groups in total.